The number of anilines is 1. The minimum absolute atomic E-state index is 0.0636. The summed E-state index contributed by atoms with van der Waals surface area (Å²) in [4.78, 5) is 26.7. The van der Waals surface area contributed by atoms with Crippen molar-refractivity contribution < 1.29 is 22.4 Å². The van der Waals surface area contributed by atoms with Crippen molar-refractivity contribution in [3.8, 4) is 0 Å². The fourth-order valence-corrected chi connectivity index (χ4v) is 4.62. The maximum absolute atomic E-state index is 12.6. The molecule has 0 bridgehead atoms. The Bertz CT molecular complexity index is 1170. The zero-order valence-electron chi connectivity index (χ0n) is 17.2. The molecular formula is C23H23N3O5S. The van der Waals surface area contributed by atoms with E-state index in [4.69, 9.17) is 4.42 Å². The fourth-order valence-electron chi connectivity index (χ4n) is 3.56. The number of benzene rings is 2. The van der Waals surface area contributed by atoms with Crippen molar-refractivity contribution in [2.45, 2.75) is 23.8 Å². The Balaban J connectivity index is 1.32. The lowest BCUT2D eigenvalue weighted by atomic mass is 10.0. The number of amides is 2. The molecule has 0 spiro atoms. The van der Waals surface area contributed by atoms with Gasteiger partial charge < -0.3 is 14.6 Å². The van der Waals surface area contributed by atoms with Gasteiger partial charge in [0.2, 0.25) is 0 Å². The topological polar surface area (TPSA) is 109 Å². The first kappa shape index (κ1) is 21.6. The molecule has 0 saturated carbocycles. The van der Waals surface area contributed by atoms with E-state index in [2.05, 4.69) is 10.0 Å². The first-order valence-corrected chi connectivity index (χ1v) is 11.7. The van der Waals surface area contributed by atoms with Crippen LogP contribution in [0.2, 0.25) is 0 Å². The van der Waals surface area contributed by atoms with E-state index in [9.17, 15) is 18.0 Å². The van der Waals surface area contributed by atoms with Crippen LogP contribution >= 0.6 is 0 Å². The zero-order chi connectivity index (χ0) is 22.6. The summed E-state index contributed by atoms with van der Waals surface area (Å²) in [5, 5.41) is 2.96. The van der Waals surface area contributed by atoms with E-state index in [0.29, 0.717) is 42.9 Å². The standard InChI is InChI=1S/C23H23N3O5S/c27-22(24-18-12-14-26(15-13-18)23(28)21-7-4-16-31-21)17-8-10-20(11-9-17)32(29,30)25-19-5-2-1-3-6-19/h1-11,16,18,25H,12-15H2,(H,24,27). The van der Waals surface area contributed by atoms with Crippen LogP contribution in [0.15, 0.2) is 82.3 Å². The number of carbonyl (C=O) groups excluding carboxylic acids is 2. The summed E-state index contributed by atoms with van der Waals surface area (Å²) in [5.41, 5.74) is 0.837. The Kier molecular flexibility index (Phi) is 6.27. The summed E-state index contributed by atoms with van der Waals surface area (Å²) < 4.78 is 32.7. The summed E-state index contributed by atoms with van der Waals surface area (Å²) in [6.07, 6.45) is 2.73. The van der Waals surface area contributed by atoms with Gasteiger partial charge in [-0.05, 0) is 61.4 Å². The number of rotatable bonds is 6. The van der Waals surface area contributed by atoms with Crippen LogP contribution in [0.1, 0.15) is 33.8 Å². The molecule has 2 heterocycles. The summed E-state index contributed by atoms with van der Waals surface area (Å²) >= 11 is 0. The van der Waals surface area contributed by atoms with Crippen molar-refractivity contribution >= 4 is 27.5 Å². The van der Waals surface area contributed by atoms with Crippen molar-refractivity contribution in [3.63, 3.8) is 0 Å². The van der Waals surface area contributed by atoms with Gasteiger partial charge in [-0.25, -0.2) is 8.42 Å². The smallest absolute Gasteiger partial charge is 0.289 e. The highest BCUT2D eigenvalue weighted by atomic mass is 32.2. The number of hydrogen-bond acceptors (Lipinski definition) is 5. The molecule has 2 N–H and O–H groups in total. The van der Waals surface area contributed by atoms with Crippen molar-refractivity contribution in [1.29, 1.82) is 0 Å². The quantitative estimate of drug-likeness (QED) is 0.596. The number of nitrogens with zero attached hydrogens (tertiary/aromatic N) is 1. The Labute approximate surface area is 186 Å². The number of piperidine rings is 1. The Morgan fingerprint density at radius 3 is 2.22 bits per heavy atom. The molecule has 0 radical (unpaired) electrons. The molecule has 9 heteroatoms. The zero-order valence-corrected chi connectivity index (χ0v) is 18.0. The molecule has 32 heavy (non-hydrogen) atoms. The highest BCUT2D eigenvalue weighted by molar-refractivity contribution is 7.92. The molecule has 1 aliphatic rings. The second-order valence-electron chi connectivity index (χ2n) is 7.51. The average molecular weight is 454 g/mol. The van der Waals surface area contributed by atoms with Crippen molar-refractivity contribution in [2.24, 2.45) is 0 Å². The number of furan rings is 1. The number of carbonyl (C=O) groups is 2. The number of likely N-dealkylation sites (tertiary alicyclic amines) is 1. The van der Waals surface area contributed by atoms with Crippen LogP contribution in [0.25, 0.3) is 0 Å². The van der Waals surface area contributed by atoms with Gasteiger partial charge in [-0.3, -0.25) is 14.3 Å². The highest BCUT2D eigenvalue weighted by Crippen LogP contribution is 2.18. The van der Waals surface area contributed by atoms with Crippen molar-refractivity contribution in [2.75, 3.05) is 17.8 Å². The van der Waals surface area contributed by atoms with Crippen LogP contribution in [-0.2, 0) is 10.0 Å². The van der Waals surface area contributed by atoms with Gasteiger partial charge in [0, 0.05) is 30.4 Å². The van der Waals surface area contributed by atoms with Gasteiger partial charge in [0.05, 0.1) is 11.2 Å². The molecule has 0 aliphatic carbocycles. The summed E-state index contributed by atoms with van der Waals surface area (Å²) in [7, 11) is -3.74. The van der Waals surface area contributed by atoms with E-state index in [0.717, 1.165) is 0 Å². The summed E-state index contributed by atoms with van der Waals surface area (Å²) in [6.45, 7) is 1.04. The minimum atomic E-state index is -3.74. The molecule has 0 atom stereocenters. The summed E-state index contributed by atoms with van der Waals surface area (Å²) in [5.74, 6) is -0.120. The van der Waals surface area contributed by atoms with Gasteiger partial charge in [0.1, 0.15) is 0 Å². The second kappa shape index (κ2) is 9.27. The van der Waals surface area contributed by atoms with E-state index in [-0.39, 0.29) is 22.8 Å². The molecule has 1 aliphatic heterocycles. The van der Waals surface area contributed by atoms with Crippen LogP contribution in [0.5, 0.6) is 0 Å². The van der Waals surface area contributed by atoms with Crippen LogP contribution in [0.4, 0.5) is 5.69 Å². The molecule has 8 nitrogen and oxygen atoms in total. The molecule has 2 amide bonds. The van der Waals surface area contributed by atoms with E-state index in [1.54, 1.807) is 47.4 Å². The minimum Gasteiger partial charge on any atom is -0.459 e. The van der Waals surface area contributed by atoms with Gasteiger partial charge >= 0.3 is 0 Å². The van der Waals surface area contributed by atoms with Crippen LogP contribution in [-0.4, -0.2) is 44.3 Å². The monoisotopic (exact) mass is 453 g/mol. The van der Waals surface area contributed by atoms with E-state index < -0.39 is 10.0 Å². The third kappa shape index (κ3) is 5.00. The molecule has 1 fully saturated rings. The molecule has 1 aromatic heterocycles. The largest absolute Gasteiger partial charge is 0.459 e. The van der Waals surface area contributed by atoms with Crippen molar-refractivity contribution in [3.05, 3.63) is 84.3 Å². The number of hydrogen-bond donors (Lipinski definition) is 2. The second-order valence-corrected chi connectivity index (χ2v) is 9.20. The third-order valence-electron chi connectivity index (χ3n) is 5.30. The van der Waals surface area contributed by atoms with Crippen LogP contribution in [0, 0.1) is 0 Å². The van der Waals surface area contributed by atoms with Crippen molar-refractivity contribution in [1.82, 2.24) is 10.2 Å². The normalized spacial score (nSPS) is 14.7. The molecule has 1 saturated heterocycles. The van der Waals surface area contributed by atoms with Gasteiger partial charge in [-0.15, -0.1) is 0 Å². The number of nitrogens with one attached hydrogen (secondary N) is 2. The third-order valence-corrected chi connectivity index (χ3v) is 6.70. The van der Waals surface area contributed by atoms with Crippen LogP contribution < -0.4 is 10.0 Å². The first-order chi connectivity index (χ1) is 15.4. The Morgan fingerprint density at radius 1 is 0.906 bits per heavy atom. The molecule has 3 aromatic rings. The van der Waals surface area contributed by atoms with Gasteiger partial charge in [0.25, 0.3) is 21.8 Å². The lowest BCUT2D eigenvalue weighted by Gasteiger charge is -2.31. The molecule has 2 aromatic carbocycles. The predicted molar refractivity (Wildman–Crippen MR) is 119 cm³/mol. The molecule has 4 rings (SSSR count). The number of sulfonamides is 1. The van der Waals surface area contributed by atoms with Gasteiger partial charge in [0.15, 0.2) is 5.76 Å². The lowest BCUT2D eigenvalue weighted by Crippen LogP contribution is -2.46. The highest BCUT2D eigenvalue weighted by Gasteiger charge is 2.26. The van der Waals surface area contributed by atoms with Crippen LogP contribution in [0.3, 0.4) is 0 Å². The maximum atomic E-state index is 12.6. The predicted octanol–water partition coefficient (Wildman–Crippen LogP) is 3.12. The maximum Gasteiger partial charge on any atom is 0.289 e. The van der Waals surface area contributed by atoms with E-state index in [1.807, 2.05) is 0 Å². The van der Waals surface area contributed by atoms with Gasteiger partial charge in [-0.2, -0.15) is 0 Å². The lowest BCUT2D eigenvalue weighted by molar-refractivity contribution is 0.0667. The number of para-hydroxylation sites is 1. The SMILES string of the molecule is O=C(NC1CCN(C(=O)c2ccco2)CC1)c1ccc(S(=O)(=O)Nc2ccccc2)cc1. The molecule has 0 unspecified atom stereocenters. The summed E-state index contributed by atoms with van der Waals surface area (Å²) in [6, 6.07) is 17.6. The first-order valence-electron chi connectivity index (χ1n) is 10.2. The van der Waals surface area contributed by atoms with E-state index in [1.165, 1.54) is 30.5 Å². The molecular weight excluding hydrogens is 430 g/mol. The van der Waals surface area contributed by atoms with E-state index >= 15 is 0 Å². The Hall–Kier alpha value is -3.59. The Morgan fingerprint density at radius 2 is 1.59 bits per heavy atom. The molecule has 166 valence electrons. The fraction of sp³-hybridized carbons (Fsp3) is 0.217. The van der Waals surface area contributed by atoms with Gasteiger partial charge in [-0.1, -0.05) is 18.2 Å². The average Bonchev–Trinajstić information content (AvgIpc) is 3.35.